The minimum atomic E-state index is -0.233. The minimum Gasteiger partial charge on any atom is -0.354 e. The van der Waals surface area contributed by atoms with Crippen LogP contribution in [0.3, 0.4) is 0 Å². The molecule has 0 unspecified atom stereocenters. The maximum Gasteiger partial charge on any atom is 0.271 e. The highest BCUT2D eigenvalue weighted by atomic mass is 16.2. The molecule has 1 saturated carbocycles. The van der Waals surface area contributed by atoms with E-state index in [2.05, 4.69) is 31.4 Å². The molecule has 1 aliphatic heterocycles. The van der Waals surface area contributed by atoms with Gasteiger partial charge in [-0.05, 0) is 32.2 Å². The van der Waals surface area contributed by atoms with Gasteiger partial charge in [-0.3, -0.25) is 4.79 Å². The number of carbonyl (C=O) groups is 1. The fourth-order valence-electron chi connectivity index (χ4n) is 3.13. The first kappa shape index (κ1) is 15.8. The smallest absolute Gasteiger partial charge is 0.271 e. The normalized spacial score (nSPS) is 20.0. The van der Waals surface area contributed by atoms with E-state index in [0.29, 0.717) is 12.1 Å². The van der Waals surface area contributed by atoms with Crippen LogP contribution in [0.5, 0.6) is 0 Å². The SMILES string of the molecule is C#CCC1(NC(=O)c2cnc(N3CCCNCC3)cn2)CCC1. The standard InChI is InChI=1S/C17H23N5O/c1-2-5-17(6-3-7-17)21-16(23)14-12-20-15(13-19-14)22-10-4-8-18-9-11-22/h1,12-13,18H,3-11H2,(H,21,23). The Bertz CT molecular complexity index is 580. The maximum absolute atomic E-state index is 12.4. The van der Waals surface area contributed by atoms with Crippen LogP contribution in [0.1, 0.15) is 42.6 Å². The molecule has 1 amide bonds. The Morgan fingerprint density at radius 3 is 2.83 bits per heavy atom. The van der Waals surface area contributed by atoms with Crippen LogP contribution in [0.4, 0.5) is 5.82 Å². The van der Waals surface area contributed by atoms with Crippen molar-refractivity contribution >= 4 is 11.7 Å². The molecule has 1 aliphatic carbocycles. The number of rotatable bonds is 4. The van der Waals surface area contributed by atoms with Gasteiger partial charge >= 0.3 is 0 Å². The predicted molar refractivity (Wildman–Crippen MR) is 89.2 cm³/mol. The van der Waals surface area contributed by atoms with Crippen LogP contribution in [-0.2, 0) is 0 Å². The van der Waals surface area contributed by atoms with E-state index < -0.39 is 0 Å². The summed E-state index contributed by atoms with van der Waals surface area (Å²) in [6.07, 6.45) is 13.3. The molecular formula is C17H23N5O. The number of anilines is 1. The maximum atomic E-state index is 12.4. The molecule has 1 aromatic rings. The molecule has 0 aromatic carbocycles. The second kappa shape index (κ2) is 6.97. The number of nitrogens with zero attached hydrogens (tertiary/aromatic N) is 3. The third-order valence-electron chi connectivity index (χ3n) is 4.66. The zero-order valence-corrected chi connectivity index (χ0v) is 13.3. The van der Waals surface area contributed by atoms with Crippen LogP contribution in [0.15, 0.2) is 12.4 Å². The molecule has 2 heterocycles. The Balaban J connectivity index is 1.64. The minimum absolute atomic E-state index is 0.184. The van der Waals surface area contributed by atoms with E-state index in [9.17, 15) is 4.79 Å². The monoisotopic (exact) mass is 313 g/mol. The molecule has 0 atom stereocenters. The molecule has 1 aromatic heterocycles. The molecule has 3 rings (SSSR count). The first-order valence-corrected chi connectivity index (χ1v) is 8.26. The van der Waals surface area contributed by atoms with E-state index in [4.69, 9.17) is 6.42 Å². The molecule has 0 bridgehead atoms. The second-order valence-corrected chi connectivity index (χ2v) is 6.32. The van der Waals surface area contributed by atoms with Crippen LogP contribution in [0.25, 0.3) is 0 Å². The topological polar surface area (TPSA) is 70.2 Å². The van der Waals surface area contributed by atoms with Crippen molar-refractivity contribution in [2.75, 3.05) is 31.1 Å². The number of hydrogen-bond donors (Lipinski definition) is 2. The second-order valence-electron chi connectivity index (χ2n) is 6.32. The van der Waals surface area contributed by atoms with Gasteiger partial charge in [-0.15, -0.1) is 12.3 Å². The zero-order chi connectivity index (χ0) is 16.1. The van der Waals surface area contributed by atoms with Gasteiger partial charge in [0, 0.05) is 26.1 Å². The van der Waals surface area contributed by atoms with E-state index in [1.54, 1.807) is 12.4 Å². The molecule has 122 valence electrons. The molecule has 2 fully saturated rings. The van der Waals surface area contributed by atoms with Crippen molar-refractivity contribution < 1.29 is 4.79 Å². The highest BCUT2D eigenvalue weighted by molar-refractivity contribution is 5.92. The van der Waals surface area contributed by atoms with Crippen molar-refractivity contribution in [1.29, 1.82) is 0 Å². The number of hydrogen-bond acceptors (Lipinski definition) is 5. The van der Waals surface area contributed by atoms with Crippen molar-refractivity contribution in [3.05, 3.63) is 18.1 Å². The first-order valence-electron chi connectivity index (χ1n) is 8.26. The molecule has 6 heteroatoms. The largest absolute Gasteiger partial charge is 0.354 e. The molecule has 1 saturated heterocycles. The molecular weight excluding hydrogens is 290 g/mol. The van der Waals surface area contributed by atoms with Crippen LogP contribution in [-0.4, -0.2) is 47.6 Å². The number of amides is 1. The summed E-state index contributed by atoms with van der Waals surface area (Å²) < 4.78 is 0. The van der Waals surface area contributed by atoms with Gasteiger partial charge in [0.2, 0.25) is 0 Å². The summed E-state index contributed by atoms with van der Waals surface area (Å²) in [5.74, 6) is 3.30. The lowest BCUT2D eigenvalue weighted by Gasteiger charge is -2.41. The van der Waals surface area contributed by atoms with E-state index in [1.165, 1.54) is 0 Å². The zero-order valence-electron chi connectivity index (χ0n) is 13.3. The third kappa shape index (κ3) is 3.62. The first-order chi connectivity index (χ1) is 11.2. The Hall–Kier alpha value is -2.13. The van der Waals surface area contributed by atoms with Crippen molar-refractivity contribution in [2.45, 2.75) is 37.6 Å². The van der Waals surface area contributed by atoms with Crippen LogP contribution < -0.4 is 15.5 Å². The quantitative estimate of drug-likeness (QED) is 0.810. The summed E-state index contributed by atoms with van der Waals surface area (Å²) in [5, 5.41) is 6.41. The van der Waals surface area contributed by atoms with Gasteiger partial charge in [0.1, 0.15) is 11.5 Å². The van der Waals surface area contributed by atoms with Crippen LogP contribution >= 0.6 is 0 Å². The van der Waals surface area contributed by atoms with Gasteiger partial charge < -0.3 is 15.5 Å². The molecule has 6 nitrogen and oxygen atoms in total. The lowest BCUT2D eigenvalue weighted by atomic mass is 9.74. The third-order valence-corrected chi connectivity index (χ3v) is 4.66. The van der Waals surface area contributed by atoms with Gasteiger partial charge in [-0.25, -0.2) is 9.97 Å². The van der Waals surface area contributed by atoms with Gasteiger partial charge in [0.25, 0.3) is 5.91 Å². The molecule has 0 spiro atoms. The van der Waals surface area contributed by atoms with Crippen LogP contribution in [0, 0.1) is 12.3 Å². The fourth-order valence-corrected chi connectivity index (χ4v) is 3.13. The Kier molecular flexibility index (Phi) is 4.77. The van der Waals surface area contributed by atoms with E-state index in [0.717, 1.165) is 57.7 Å². The highest BCUT2D eigenvalue weighted by Crippen LogP contribution is 2.34. The molecule has 0 radical (unpaired) electrons. The van der Waals surface area contributed by atoms with Gasteiger partial charge in [0.05, 0.1) is 17.9 Å². The highest BCUT2D eigenvalue weighted by Gasteiger charge is 2.38. The van der Waals surface area contributed by atoms with Gasteiger partial charge in [-0.1, -0.05) is 0 Å². The van der Waals surface area contributed by atoms with Crippen molar-refractivity contribution in [2.24, 2.45) is 0 Å². The average molecular weight is 313 g/mol. The predicted octanol–water partition coefficient (Wildman–Crippen LogP) is 0.952. The lowest BCUT2D eigenvalue weighted by molar-refractivity contribution is 0.0828. The lowest BCUT2D eigenvalue weighted by Crippen LogP contribution is -2.53. The summed E-state index contributed by atoms with van der Waals surface area (Å²) in [7, 11) is 0. The Labute approximate surface area is 137 Å². The van der Waals surface area contributed by atoms with Gasteiger partial charge in [0.15, 0.2) is 0 Å². The summed E-state index contributed by atoms with van der Waals surface area (Å²) in [5.41, 5.74) is 0.118. The Morgan fingerprint density at radius 2 is 2.17 bits per heavy atom. The number of aromatic nitrogens is 2. The average Bonchev–Trinajstić information content (AvgIpc) is 2.82. The molecule has 23 heavy (non-hydrogen) atoms. The summed E-state index contributed by atoms with van der Waals surface area (Å²) in [6, 6.07) is 0. The van der Waals surface area contributed by atoms with E-state index >= 15 is 0 Å². The summed E-state index contributed by atoms with van der Waals surface area (Å²) in [4.78, 5) is 23.3. The van der Waals surface area contributed by atoms with E-state index in [-0.39, 0.29) is 11.4 Å². The van der Waals surface area contributed by atoms with Crippen molar-refractivity contribution in [3.8, 4) is 12.3 Å². The van der Waals surface area contributed by atoms with E-state index in [1.807, 2.05) is 0 Å². The summed E-state index contributed by atoms with van der Waals surface area (Å²) in [6.45, 7) is 3.84. The van der Waals surface area contributed by atoms with Gasteiger partial charge in [-0.2, -0.15) is 0 Å². The van der Waals surface area contributed by atoms with Crippen molar-refractivity contribution in [3.63, 3.8) is 0 Å². The fraction of sp³-hybridized carbons (Fsp3) is 0.588. The Morgan fingerprint density at radius 1 is 1.30 bits per heavy atom. The number of nitrogens with one attached hydrogen (secondary N) is 2. The molecule has 2 aliphatic rings. The van der Waals surface area contributed by atoms with Crippen molar-refractivity contribution in [1.82, 2.24) is 20.6 Å². The number of terminal acetylenes is 1. The number of carbonyl (C=O) groups excluding carboxylic acids is 1. The molecule has 2 N–H and O–H groups in total. The summed E-state index contributed by atoms with van der Waals surface area (Å²) >= 11 is 0. The van der Waals surface area contributed by atoms with Crippen LogP contribution in [0.2, 0.25) is 0 Å².